The molecule has 1 aromatic heterocycles. The van der Waals surface area contributed by atoms with E-state index in [0.717, 1.165) is 16.8 Å². The highest BCUT2D eigenvalue weighted by Crippen LogP contribution is 2.24. The van der Waals surface area contributed by atoms with Crippen LogP contribution in [0.1, 0.15) is 38.3 Å². The van der Waals surface area contributed by atoms with Crippen molar-refractivity contribution in [2.24, 2.45) is 0 Å². The Balaban J connectivity index is 1.27. The minimum absolute atomic E-state index is 0.132. The SMILES string of the molecule is Cc1ccc2cc1OCC(=O)NCc1ccc(cc1)O[C@H]1CCN(C(=O)c3cccc(-n4cccn4)c3)C[C@@H]1NC2=O. The number of piperidine rings is 1. The van der Waals surface area contributed by atoms with Crippen LogP contribution in [0.25, 0.3) is 5.69 Å². The van der Waals surface area contributed by atoms with Gasteiger partial charge in [-0.15, -0.1) is 0 Å². The van der Waals surface area contributed by atoms with E-state index in [2.05, 4.69) is 15.7 Å². The molecule has 2 atom stereocenters. The van der Waals surface area contributed by atoms with Gasteiger partial charge in [0.2, 0.25) is 0 Å². The quantitative estimate of drug-likeness (QED) is 0.386. The molecule has 4 aromatic rings. The van der Waals surface area contributed by atoms with Crippen molar-refractivity contribution in [2.45, 2.75) is 32.0 Å². The fourth-order valence-corrected chi connectivity index (χ4v) is 5.18. The molecule has 10 heteroatoms. The molecular weight excluding hydrogens is 534 g/mol. The van der Waals surface area contributed by atoms with Crippen LogP contribution < -0.4 is 20.1 Å². The number of aryl methyl sites for hydroxylation is 1. The summed E-state index contributed by atoms with van der Waals surface area (Å²) in [6.07, 6.45) is 3.67. The highest BCUT2D eigenvalue weighted by molar-refractivity contribution is 5.96. The van der Waals surface area contributed by atoms with Gasteiger partial charge in [0.05, 0.1) is 11.7 Å². The van der Waals surface area contributed by atoms with Crippen molar-refractivity contribution in [3.8, 4) is 17.2 Å². The Kier molecular flexibility index (Phi) is 7.59. The minimum Gasteiger partial charge on any atom is -0.488 e. The number of nitrogens with zero attached hydrogens (tertiary/aromatic N) is 3. The summed E-state index contributed by atoms with van der Waals surface area (Å²) in [6.45, 7) is 2.78. The Morgan fingerprint density at radius 3 is 2.69 bits per heavy atom. The molecule has 4 heterocycles. The molecule has 7 rings (SSSR count). The van der Waals surface area contributed by atoms with Crippen LogP contribution in [-0.2, 0) is 11.3 Å². The number of rotatable bonds is 2. The fraction of sp³-hybridized carbons (Fsp3) is 0.250. The maximum Gasteiger partial charge on any atom is 0.258 e. The van der Waals surface area contributed by atoms with Crippen LogP contribution in [0, 0.1) is 6.92 Å². The summed E-state index contributed by atoms with van der Waals surface area (Å²) < 4.78 is 13.8. The maximum absolute atomic E-state index is 13.6. The molecule has 214 valence electrons. The molecule has 1 fully saturated rings. The van der Waals surface area contributed by atoms with Crippen LogP contribution in [0.15, 0.2) is 85.2 Å². The first-order valence-electron chi connectivity index (χ1n) is 13.9. The number of likely N-dealkylation sites (tertiary alicyclic amines) is 1. The molecule has 1 saturated heterocycles. The van der Waals surface area contributed by atoms with Crippen LogP contribution in [0.5, 0.6) is 11.5 Å². The van der Waals surface area contributed by atoms with Gasteiger partial charge < -0.3 is 25.0 Å². The van der Waals surface area contributed by atoms with E-state index in [-0.39, 0.29) is 37.0 Å². The summed E-state index contributed by atoms with van der Waals surface area (Å²) in [5.74, 6) is 0.382. The number of carbonyl (C=O) groups excluding carboxylic acids is 3. The average molecular weight is 566 g/mol. The van der Waals surface area contributed by atoms with Crippen LogP contribution in [0.4, 0.5) is 0 Å². The van der Waals surface area contributed by atoms with Crippen LogP contribution in [0.2, 0.25) is 0 Å². The van der Waals surface area contributed by atoms with Gasteiger partial charge in [-0.05, 0) is 66.6 Å². The van der Waals surface area contributed by atoms with Crippen molar-refractivity contribution in [1.29, 1.82) is 0 Å². The third kappa shape index (κ3) is 5.97. The van der Waals surface area contributed by atoms with E-state index in [4.69, 9.17) is 9.47 Å². The molecule has 4 bridgehead atoms. The fourth-order valence-electron chi connectivity index (χ4n) is 5.18. The summed E-state index contributed by atoms with van der Waals surface area (Å²) in [4.78, 5) is 41.2. The van der Waals surface area contributed by atoms with E-state index in [9.17, 15) is 14.4 Å². The van der Waals surface area contributed by atoms with Crippen LogP contribution in [0.3, 0.4) is 0 Å². The first-order chi connectivity index (χ1) is 20.4. The Morgan fingerprint density at radius 2 is 1.88 bits per heavy atom. The highest BCUT2D eigenvalue weighted by Gasteiger charge is 2.35. The number of hydrogen-bond acceptors (Lipinski definition) is 6. The predicted octanol–water partition coefficient (Wildman–Crippen LogP) is 3.28. The van der Waals surface area contributed by atoms with E-state index in [1.807, 2.05) is 61.7 Å². The topological polar surface area (TPSA) is 115 Å². The maximum atomic E-state index is 13.6. The van der Waals surface area contributed by atoms with Gasteiger partial charge in [-0.2, -0.15) is 5.10 Å². The van der Waals surface area contributed by atoms with Gasteiger partial charge in [-0.25, -0.2) is 4.68 Å². The smallest absolute Gasteiger partial charge is 0.258 e. The number of aromatic nitrogens is 2. The normalized spacial score (nSPS) is 19.0. The van der Waals surface area contributed by atoms with Gasteiger partial charge in [-0.1, -0.05) is 24.3 Å². The molecule has 0 unspecified atom stereocenters. The monoisotopic (exact) mass is 565 g/mol. The lowest BCUT2D eigenvalue weighted by atomic mass is 9.99. The van der Waals surface area contributed by atoms with Crippen molar-refractivity contribution < 1.29 is 23.9 Å². The summed E-state index contributed by atoms with van der Waals surface area (Å²) >= 11 is 0. The molecule has 3 amide bonds. The van der Waals surface area contributed by atoms with Crippen molar-refractivity contribution in [1.82, 2.24) is 25.3 Å². The Hall–Kier alpha value is -5.12. The predicted molar refractivity (Wildman–Crippen MR) is 155 cm³/mol. The van der Waals surface area contributed by atoms with Crippen molar-refractivity contribution >= 4 is 17.7 Å². The van der Waals surface area contributed by atoms with Crippen molar-refractivity contribution in [2.75, 3.05) is 19.7 Å². The second-order valence-corrected chi connectivity index (χ2v) is 10.5. The number of hydrogen-bond donors (Lipinski definition) is 2. The van der Waals surface area contributed by atoms with Gasteiger partial charge in [0, 0.05) is 49.6 Å². The second kappa shape index (κ2) is 11.8. The molecule has 3 aliphatic rings. The highest BCUT2D eigenvalue weighted by atomic mass is 16.5. The number of carbonyl (C=O) groups is 3. The van der Waals surface area contributed by atoms with E-state index < -0.39 is 6.04 Å². The largest absolute Gasteiger partial charge is 0.488 e. The third-order valence-electron chi connectivity index (χ3n) is 7.52. The van der Waals surface area contributed by atoms with Gasteiger partial charge in [0.15, 0.2) is 6.61 Å². The zero-order valence-corrected chi connectivity index (χ0v) is 23.2. The Morgan fingerprint density at radius 1 is 1.02 bits per heavy atom. The number of fused-ring (bicyclic) bond motifs is 7. The Bertz CT molecular complexity index is 1600. The lowest BCUT2D eigenvalue weighted by molar-refractivity contribution is -0.123. The number of benzene rings is 3. The lowest BCUT2D eigenvalue weighted by Crippen LogP contribution is -2.58. The zero-order chi connectivity index (χ0) is 29.1. The van der Waals surface area contributed by atoms with Crippen molar-refractivity contribution in [3.63, 3.8) is 0 Å². The molecule has 0 aliphatic carbocycles. The first kappa shape index (κ1) is 27.1. The lowest BCUT2D eigenvalue weighted by Gasteiger charge is -2.39. The molecule has 42 heavy (non-hydrogen) atoms. The van der Waals surface area contributed by atoms with E-state index in [0.29, 0.717) is 42.1 Å². The van der Waals surface area contributed by atoms with E-state index in [1.54, 1.807) is 40.0 Å². The number of nitrogens with one attached hydrogen (secondary N) is 2. The first-order valence-corrected chi connectivity index (χ1v) is 13.9. The number of ether oxygens (including phenoxy) is 2. The van der Waals surface area contributed by atoms with Crippen LogP contribution >= 0.6 is 0 Å². The van der Waals surface area contributed by atoms with Gasteiger partial charge in [0.25, 0.3) is 17.7 Å². The molecule has 2 N–H and O–H groups in total. The van der Waals surface area contributed by atoms with Gasteiger partial charge >= 0.3 is 0 Å². The molecule has 10 nitrogen and oxygen atoms in total. The van der Waals surface area contributed by atoms with Gasteiger partial charge in [0.1, 0.15) is 17.6 Å². The summed E-state index contributed by atoms with van der Waals surface area (Å²) in [6, 6.07) is 21.3. The van der Waals surface area contributed by atoms with E-state index >= 15 is 0 Å². The Labute approximate surface area is 243 Å². The van der Waals surface area contributed by atoms with Crippen molar-refractivity contribution in [3.05, 3.63) is 107 Å². The summed E-state index contributed by atoms with van der Waals surface area (Å²) in [7, 11) is 0. The summed E-state index contributed by atoms with van der Waals surface area (Å²) in [5.41, 5.74) is 3.44. The average Bonchev–Trinajstić information content (AvgIpc) is 3.56. The minimum atomic E-state index is -0.478. The molecular formula is C32H31N5O5. The molecule has 0 radical (unpaired) electrons. The molecule has 0 spiro atoms. The van der Waals surface area contributed by atoms with Gasteiger partial charge in [-0.3, -0.25) is 14.4 Å². The molecule has 3 aromatic carbocycles. The standard InChI is InChI=1S/C32H31N5O5/c1-21-6-9-23-17-29(21)41-20-30(38)33-18-22-7-10-26(11-8-22)42-28-12-15-36(19-27(28)35-31(23)39)32(40)24-4-2-5-25(16-24)37-14-3-13-34-37/h2-11,13-14,16-17,27-28H,12,15,18-20H2,1H3,(H,33,38)(H,35,39)/t27-,28-/m0/s1. The second-order valence-electron chi connectivity index (χ2n) is 10.5. The number of amides is 3. The molecule has 3 aliphatic heterocycles. The van der Waals surface area contributed by atoms with E-state index in [1.165, 1.54) is 0 Å². The third-order valence-corrected chi connectivity index (χ3v) is 7.52. The zero-order valence-electron chi connectivity index (χ0n) is 23.2. The van der Waals surface area contributed by atoms with Crippen LogP contribution in [-0.4, -0.2) is 64.2 Å². The molecule has 0 saturated carbocycles. The summed E-state index contributed by atoms with van der Waals surface area (Å²) in [5, 5.41) is 10.2.